The van der Waals surface area contributed by atoms with Gasteiger partial charge in [-0.2, -0.15) is 0 Å². The Bertz CT molecular complexity index is 581. The average molecular weight is 296 g/mol. The predicted octanol–water partition coefficient (Wildman–Crippen LogP) is 3.53. The molecule has 3 rings (SSSR count). The zero-order valence-electron chi connectivity index (χ0n) is 10.8. The summed E-state index contributed by atoms with van der Waals surface area (Å²) in [5, 5.41) is 10.9. The van der Waals surface area contributed by atoms with Gasteiger partial charge in [0.25, 0.3) is 5.69 Å². The quantitative estimate of drug-likeness (QED) is 0.632. The van der Waals surface area contributed by atoms with Crippen molar-refractivity contribution in [2.75, 3.05) is 0 Å². The lowest BCUT2D eigenvalue weighted by atomic mass is 9.63. The third-order valence-electron chi connectivity index (χ3n) is 4.43. The van der Waals surface area contributed by atoms with Gasteiger partial charge in [-0.05, 0) is 18.9 Å². The monoisotopic (exact) mass is 295 g/mol. The van der Waals surface area contributed by atoms with Crippen molar-refractivity contribution in [3.8, 4) is 5.75 Å². The van der Waals surface area contributed by atoms with Gasteiger partial charge in [0.2, 0.25) is 0 Å². The first-order valence-electron chi connectivity index (χ1n) is 6.67. The molecule has 0 amide bonds. The van der Waals surface area contributed by atoms with E-state index in [0.717, 1.165) is 25.7 Å². The average Bonchev–Trinajstić information content (AvgIpc) is 2.92. The van der Waals surface area contributed by atoms with E-state index in [2.05, 4.69) is 0 Å². The first-order valence-corrected chi connectivity index (χ1v) is 7.05. The van der Waals surface area contributed by atoms with E-state index in [9.17, 15) is 14.9 Å². The van der Waals surface area contributed by atoms with E-state index >= 15 is 0 Å². The number of non-ortho nitro benzene ring substituents is 1. The summed E-state index contributed by atoms with van der Waals surface area (Å²) >= 11 is 6.02. The Hall–Kier alpha value is -1.62. The van der Waals surface area contributed by atoms with E-state index in [-0.39, 0.29) is 28.0 Å². The highest BCUT2D eigenvalue weighted by Gasteiger charge is 2.57. The Morgan fingerprint density at radius 3 is 2.60 bits per heavy atom. The van der Waals surface area contributed by atoms with Gasteiger partial charge in [0, 0.05) is 18.6 Å². The normalized spacial score (nSPS) is 23.6. The summed E-state index contributed by atoms with van der Waals surface area (Å²) in [6, 6.07) is 4.15. The first kappa shape index (κ1) is 13.4. The van der Waals surface area contributed by atoms with Crippen LogP contribution in [0.3, 0.4) is 0 Å². The van der Waals surface area contributed by atoms with Gasteiger partial charge in [0.05, 0.1) is 15.4 Å². The second-order valence-electron chi connectivity index (χ2n) is 5.47. The Labute approximate surface area is 121 Å². The smallest absolute Gasteiger partial charge is 0.271 e. The molecule has 2 aliphatic carbocycles. The summed E-state index contributed by atoms with van der Waals surface area (Å²) in [6.45, 7) is 0. The standard InChI is InChI=1S/C14H14ClNO4/c15-10-7-9(16(18)19)3-4-11(10)20-13-8-12(17)14(13)5-1-2-6-14/h3-4,7,13H,1-2,5-6,8H2. The largest absolute Gasteiger partial charge is 0.487 e. The molecule has 1 aromatic rings. The van der Waals surface area contributed by atoms with Gasteiger partial charge in [-0.3, -0.25) is 14.9 Å². The van der Waals surface area contributed by atoms with E-state index in [1.807, 2.05) is 0 Å². The van der Waals surface area contributed by atoms with Crippen LogP contribution in [0.25, 0.3) is 0 Å². The minimum atomic E-state index is -0.499. The van der Waals surface area contributed by atoms with Crippen molar-refractivity contribution >= 4 is 23.1 Å². The first-order chi connectivity index (χ1) is 9.53. The lowest BCUT2D eigenvalue weighted by molar-refractivity contribution is -0.384. The van der Waals surface area contributed by atoms with Crippen molar-refractivity contribution in [1.29, 1.82) is 0 Å². The van der Waals surface area contributed by atoms with Crippen LogP contribution in [0.15, 0.2) is 18.2 Å². The van der Waals surface area contributed by atoms with Crippen molar-refractivity contribution < 1.29 is 14.5 Å². The van der Waals surface area contributed by atoms with Gasteiger partial charge in [0.1, 0.15) is 17.6 Å². The number of ether oxygens (including phenoxy) is 1. The Morgan fingerprint density at radius 1 is 1.35 bits per heavy atom. The van der Waals surface area contributed by atoms with Crippen molar-refractivity contribution in [1.82, 2.24) is 0 Å². The van der Waals surface area contributed by atoms with Crippen LogP contribution >= 0.6 is 11.6 Å². The summed E-state index contributed by atoms with van der Waals surface area (Å²) < 4.78 is 5.85. The van der Waals surface area contributed by atoms with Crippen LogP contribution in [-0.2, 0) is 4.79 Å². The van der Waals surface area contributed by atoms with Crippen molar-refractivity contribution in [2.45, 2.75) is 38.2 Å². The molecule has 20 heavy (non-hydrogen) atoms. The molecule has 5 nitrogen and oxygen atoms in total. The maximum Gasteiger partial charge on any atom is 0.271 e. The van der Waals surface area contributed by atoms with Gasteiger partial charge in [-0.1, -0.05) is 24.4 Å². The molecule has 106 valence electrons. The van der Waals surface area contributed by atoms with Crippen LogP contribution in [0.1, 0.15) is 32.1 Å². The van der Waals surface area contributed by atoms with Gasteiger partial charge in [-0.25, -0.2) is 0 Å². The highest BCUT2D eigenvalue weighted by molar-refractivity contribution is 6.32. The number of halogens is 1. The number of nitro benzene ring substituents is 1. The van der Waals surface area contributed by atoms with E-state index in [1.165, 1.54) is 18.2 Å². The summed E-state index contributed by atoms with van der Waals surface area (Å²) in [4.78, 5) is 22.0. The number of benzene rings is 1. The second kappa shape index (κ2) is 4.74. The summed E-state index contributed by atoms with van der Waals surface area (Å²) in [7, 11) is 0. The van der Waals surface area contributed by atoms with Gasteiger partial charge < -0.3 is 4.74 Å². The van der Waals surface area contributed by atoms with E-state index in [0.29, 0.717) is 12.2 Å². The number of ketones is 1. The minimum absolute atomic E-state index is 0.0670. The molecule has 1 unspecified atom stereocenters. The molecule has 0 aromatic heterocycles. The number of nitrogens with zero attached hydrogens (tertiary/aromatic N) is 1. The predicted molar refractivity (Wildman–Crippen MR) is 73.0 cm³/mol. The fourth-order valence-corrected chi connectivity index (χ4v) is 3.45. The number of hydrogen-bond donors (Lipinski definition) is 0. The third kappa shape index (κ3) is 1.97. The fourth-order valence-electron chi connectivity index (χ4n) is 3.23. The minimum Gasteiger partial charge on any atom is -0.487 e. The zero-order chi connectivity index (χ0) is 14.3. The Morgan fingerprint density at radius 2 is 2.05 bits per heavy atom. The molecule has 0 bridgehead atoms. The number of rotatable bonds is 3. The summed E-state index contributed by atoms with van der Waals surface area (Å²) in [5.41, 5.74) is -0.395. The molecule has 1 aromatic carbocycles. The van der Waals surface area contributed by atoms with Crippen molar-refractivity contribution in [2.24, 2.45) is 5.41 Å². The van der Waals surface area contributed by atoms with E-state index in [1.54, 1.807) is 0 Å². The van der Waals surface area contributed by atoms with Gasteiger partial charge in [-0.15, -0.1) is 0 Å². The molecule has 6 heteroatoms. The fraction of sp³-hybridized carbons (Fsp3) is 0.500. The van der Waals surface area contributed by atoms with Crippen LogP contribution < -0.4 is 4.74 Å². The maximum absolute atomic E-state index is 11.9. The van der Waals surface area contributed by atoms with E-state index < -0.39 is 4.92 Å². The number of carbonyl (C=O) groups is 1. The van der Waals surface area contributed by atoms with Crippen LogP contribution in [0.5, 0.6) is 5.75 Å². The SMILES string of the molecule is O=C1CC(Oc2ccc([N+](=O)[O-])cc2Cl)C12CCCC2. The molecule has 0 radical (unpaired) electrons. The molecule has 0 heterocycles. The second-order valence-corrected chi connectivity index (χ2v) is 5.88. The Balaban J connectivity index is 1.79. The molecule has 0 aliphatic heterocycles. The lowest BCUT2D eigenvalue weighted by Crippen LogP contribution is -2.55. The van der Waals surface area contributed by atoms with Crippen LogP contribution in [0.2, 0.25) is 5.02 Å². The summed E-state index contributed by atoms with van der Waals surface area (Å²) in [5.74, 6) is 0.694. The topological polar surface area (TPSA) is 69.4 Å². The zero-order valence-corrected chi connectivity index (χ0v) is 11.6. The molecule has 1 atom stereocenters. The number of nitro groups is 1. The number of carbonyl (C=O) groups excluding carboxylic acids is 1. The lowest BCUT2D eigenvalue weighted by Gasteiger charge is -2.44. The molecular formula is C14H14ClNO4. The molecular weight excluding hydrogens is 282 g/mol. The van der Waals surface area contributed by atoms with Gasteiger partial charge >= 0.3 is 0 Å². The summed E-state index contributed by atoms with van der Waals surface area (Å²) in [6.07, 6.45) is 4.13. The van der Waals surface area contributed by atoms with Gasteiger partial charge in [0.15, 0.2) is 0 Å². The van der Waals surface area contributed by atoms with Crippen LogP contribution in [-0.4, -0.2) is 16.8 Å². The highest BCUT2D eigenvalue weighted by atomic mass is 35.5. The molecule has 0 saturated heterocycles. The molecule has 2 aliphatic rings. The molecule has 2 fully saturated rings. The Kier molecular flexibility index (Phi) is 3.17. The number of hydrogen-bond acceptors (Lipinski definition) is 4. The molecule has 0 N–H and O–H groups in total. The number of Topliss-reactive ketones (excluding diaryl/α,β-unsaturated/α-hetero) is 1. The third-order valence-corrected chi connectivity index (χ3v) is 4.73. The highest BCUT2D eigenvalue weighted by Crippen LogP contribution is 2.52. The van der Waals surface area contributed by atoms with Crippen LogP contribution in [0.4, 0.5) is 5.69 Å². The molecule has 1 spiro atoms. The van der Waals surface area contributed by atoms with E-state index in [4.69, 9.17) is 16.3 Å². The van der Waals surface area contributed by atoms with Crippen molar-refractivity contribution in [3.05, 3.63) is 33.3 Å². The van der Waals surface area contributed by atoms with Crippen LogP contribution in [0, 0.1) is 15.5 Å². The maximum atomic E-state index is 11.9. The van der Waals surface area contributed by atoms with Crippen molar-refractivity contribution in [3.63, 3.8) is 0 Å². The molecule has 2 saturated carbocycles.